The molecule has 0 spiro atoms. The SMILES string of the molecule is C=CCN(Cc1cccs1)C(=O)NC1CC1. The van der Waals surface area contributed by atoms with Crippen molar-refractivity contribution >= 4 is 17.4 Å². The zero-order chi connectivity index (χ0) is 11.4. The molecule has 1 aliphatic carbocycles. The topological polar surface area (TPSA) is 32.3 Å². The van der Waals surface area contributed by atoms with Crippen LogP contribution < -0.4 is 5.32 Å². The Morgan fingerprint density at radius 2 is 2.50 bits per heavy atom. The molecule has 1 aliphatic rings. The molecule has 1 aromatic rings. The Morgan fingerprint density at radius 3 is 3.06 bits per heavy atom. The lowest BCUT2D eigenvalue weighted by molar-refractivity contribution is 0.201. The zero-order valence-electron chi connectivity index (χ0n) is 9.19. The Kier molecular flexibility index (Phi) is 3.62. The predicted molar refractivity (Wildman–Crippen MR) is 66.5 cm³/mol. The number of nitrogens with one attached hydrogen (secondary N) is 1. The third-order valence-corrected chi connectivity index (χ3v) is 3.33. The van der Waals surface area contributed by atoms with Gasteiger partial charge in [0.05, 0.1) is 6.54 Å². The van der Waals surface area contributed by atoms with Gasteiger partial charge in [0, 0.05) is 17.5 Å². The number of hydrogen-bond acceptors (Lipinski definition) is 2. The number of hydrogen-bond donors (Lipinski definition) is 1. The molecule has 1 saturated carbocycles. The van der Waals surface area contributed by atoms with Crippen LogP contribution in [0.25, 0.3) is 0 Å². The van der Waals surface area contributed by atoms with Crippen LogP contribution in [0.2, 0.25) is 0 Å². The summed E-state index contributed by atoms with van der Waals surface area (Å²) < 4.78 is 0. The lowest BCUT2D eigenvalue weighted by atomic mass is 10.4. The Balaban J connectivity index is 1.92. The first-order valence-corrected chi connectivity index (χ1v) is 6.36. The van der Waals surface area contributed by atoms with Crippen LogP contribution in [0.5, 0.6) is 0 Å². The maximum Gasteiger partial charge on any atom is 0.318 e. The summed E-state index contributed by atoms with van der Waals surface area (Å²) in [4.78, 5) is 14.9. The average molecular weight is 236 g/mol. The molecule has 1 N–H and O–H groups in total. The minimum atomic E-state index is 0.0239. The second-order valence-electron chi connectivity index (χ2n) is 3.97. The summed E-state index contributed by atoms with van der Waals surface area (Å²) in [6.45, 7) is 4.95. The van der Waals surface area contributed by atoms with Crippen LogP contribution in [0, 0.1) is 0 Å². The van der Waals surface area contributed by atoms with Crippen molar-refractivity contribution in [1.29, 1.82) is 0 Å². The van der Waals surface area contributed by atoms with E-state index < -0.39 is 0 Å². The largest absolute Gasteiger partial charge is 0.335 e. The number of amides is 2. The highest BCUT2D eigenvalue weighted by Crippen LogP contribution is 2.19. The lowest BCUT2D eigenvalue weighted by Crippen LogP contribution is -2.40. The second kappa shape index (κ2) is 5.16. The quantitative estimate of drug-likeness (QED) is 0.783. The van der Waals surface area contributed by atoms with Crippen molar-refractivity contribution in [2.75, 3.05) is 6.54 Å². The van der Waals surface area contributed by atoms with E-state index in [0.29, 0.717) is 19.1 Å². The number of nitrogens with zero attached hydrogens (tertiary/aromatic N) is 1. The molecule has 3 nitrogen and oxygen atoms in total. The predicted octanol–water partition coefficient (Wildman–Crippen LogP) is 2.61. The van der Waals surface area contributed by atoms with Gasteiger partial charge in [-0.3, -0.25) is 0 Å². The monoisotopic (exact) mass is 236 g/mol. The molecule has 0 aromatic carbocycles. The van der Waals surface area contributed by atoms with Gasteiger partial charge in [-0.15, -0.1) is 17.9 Å². The third kappa shape index (κ3) is 3.10. The highest BCUT2D eigenvalue weighted by Gasteiger charge is 2.25. The van der Waals surface area contributed by atoms with E-state index in [1.54, 1.807) is 22.3 Å². The van der Waals surface area contributed by atoms with Crippen LogP contribution in [-0.4, -0.2) is 23.5 Å². The van der Waals surface area contributed by atoms with Gasteiger partial charge in [-0.2, -0.15) is 0 Å². The van der Waals surface area contributed by atoms with Gasteiger partial charge in [0.25, 0.3) is 0 Å². The molecule has 0 aliphatic heterocycles. The molecule has 0 unspecified atom stereocenters. The van der Waals surface area contributed by atoms with Crippen molar-refractivity contribution in [1.82, 2.24) is 10.2 Å². The van der Waals surface area contributed by atoms with E-state index in [4.69, 9.17) is 0 Å². The highest BCUT2D eigenvalue weighted by molar-refractivity contribution is 7.09. The van der Waals surface area contributed by atoms with Crippen LogP contribution in [0.3, 0.4) is 0 Å². The summed E-state index contributed by atoms with van der Waals surface area (Å²) >= 11 is 1.67. The van der Waals surface area contributed by atoms with Gasteiger partial charge < -0.3 is 10.2 Å². The van der Waals surface area contributed by atoms with Crippen molar-refractivity contribution in [2.45, 2.75) is 25.4 Å². The molecule has 0 saturated heterocycles. The number of thiophene rings is 1. The smallest absolute Gasteiger partial charge is 0.318 e. The van der Waals surface area contributed by atoms with Gasteiger partial charge in [0.15, 0.2) is 0 Å². The Hall–Kier alpha value is -1.29. The minimum absolute atomic E-state index is 0.0239. The molecule has 2 rings (SSSR count). The normalized spacial score (nSPS) is 14.5. The summed E-state index contributed by atoms with van der Waals surface area (Å²) in [7, 11) is 0. The van der Waals surface area contributed by atoms with Crippen molar-refractivity contribution in [2.24, 2.45) is 0 Å². The van der Waals surface area contributed by atoms with Crippen molar-refractivity contribution in [3.05, 3.63) is 35.0 Å². The zero-order valence-corrected chi connectivity index (χ0v) is 10.0. The van der Waals surface area contributed by atoms with E-state index in [9.17, 15) is 4.79 Å². The van der Waals surface area contributed by atoms with Crippen molar-refractivity contribution in [3.63, 3.8) is 0 Å². The number of carbonyl (C=O) groups excluding carboxylic acids is 1. The number of rotatable bonds is 5. The fraction of sp³-hybridized carbons (Fsp3) is 0.417. The van der Waals surface area contributed by atoms with Crippen molar-refractivity contribution < 1.29 is 4.79 Å². The molecule has 1 heterocycles. The average Bonchev–Trinajstić information content (AvgIpc) is 2.93. The van der Waals surface area contributed by atoms with E-state index >= 15 is 0 Å². The Morgan fingerprint density at radius 1 is 1.69 bits per heavy atom. The maximum absolute atomic E-state index is 11.9. The van der Waals surface area contributed by atoms with E-state index in [-0.39, 0.29) is 6.03 Å². The molecule has 0 atom stereocenters. The lowest BCUT2D eigenvalue weighted by Gasteiger charge is -2.20. The van der Waals surface area contributed by atoms with Crippen LogP contribution in [0.4, 0.5) is 4.79 Å². The first-order chi connectivity index (χ1) is 7.79. The molecular weight excluding hydrogens is 220 g/mol. The number of carbonyl (C=O) groups is 1. The molecular formula is C12H16N2OS. The molecule has 16 heavy (non-hydrogen) atoms. The molecule has 1 fully saturated rings. The van der Waals surface area contributed by atoms with E-state index in [0.717, 1.165) is 12.8 Å². The fourth-order valence-corrected chi connectivity index (χ4v) is 2.18. The Bertz CT molecular complexity index is 357. The van der Waals surface area contributed by atoms with Gasteiger partial charge in [0.1, 0.15) is 0 Å². The fourth-order valence-electron chi connectivity index (χ4n) is 1.46. The van der Waals surface area contributed by atoms with Gasteiger partial charge in [-0.25, -0.2) is 4.79 Å². The van der Waals surface area contributed by atoms with Crippen LogP contribution in [0.15, 0.2) is 30.2 Å². The van der Waals surface area contributed by atoms with E-state index in [1.807, 2.05) is 17.5 Å². The van der Waals surface area contributed by atoms with Gasteiger partial charge in [-0.1, -0.05) is 12.1 Å². The summed E-state index contributed by atoms with van der Waals surface area (Å²) in [6.07, 6.45) is 4.00. The van der Waals surface area contributed by atoms with Gasteiger partial charge in [0.2, 0.25) is 0 Å². The van der Waals surface area contributed by atoms with E-state index in [1.165, 1.54) is 4.88 Å². The highest BCUT2D eigenvalue weighted by atomic mass is 32.1. The van der Waals surface area contributed by atoms with Gasteiger partial charge >= 0.3 is 6.03 Å². The summed E-state index contributed by atoms with van der Waals surface area (Å²) in [5.74, 6) is 0. The third-order valence-electron chi connectivity index (χ3n) is 2.47. The molecule has 86 valence electrons. The summed E-state index contributed by atoms with van der Waals surface area (Å²) in [5.41, 5.74) is 0. The van der Waals surface area contributed by atoms with Gasteiger partial charge in [-0.05, 0) is 24.3 Å². The maximum atomic E-state index is 11.9. The van der Waals surface area contributed by atoms with Crippen LogP contribution >= 0.6 is 11.3 Å². The van der Waals surface area contributed by atoms with Crippen LogP contribution in [-0.2, 0) is 6.54 Å². The number of urea groups is 1. The summed E-state index contributed by atoms with van der Waals surface area (Å²) in [6, 6.07) is 4.48. The molecule has 0 radical (unpaired) electrons. The summed E-state index contributed by atoms with van der Waals surface area (Å²) in [5, 5.41) is 5.02. The van der Waals surface area contributed by atoms with Crippen molar-refractivity contribution in [3.8, 4) is 0 Å². The molecule has 4 heteroatoms. The standard InChI is InChI=1S/C12H16N2OS/c1-2-7-14(9-11-4-3-8-16-11)12(15)13-10-5-6-10/h2-4,8,10H,1,5-7,9H2,(H,13,15). The first-order valence-electron chi connectivity index (χ1n) is 5.48. The minimum Gasteiger partial charge on any atom is -0.335 e. The molecule has 0 bridgehead atoms. The molecule has 1 aromatic heterocycles. The first kappa shape index (κ1) is 11.2. The molecule has 2 amide bonds. The van der Waals surface area contributed by atoms with Crippen LogP contribution in [0.1, 0.15) is 17.7 Å². The second-order valence-corrected chi connectivity index (χ2v) is 5.00. The Labute approximate surface area is 99.8 Å². The van der Waals surface area contributed by atoms with E-state index in [2.05, 4.69) is 11.9 Å².